The van der Waals surface area contributed by atoms with Crippen LogP contribution in [-0.4, -0.2) is 78.6 Å². The molecule has 3 aliphatic heterocycles. The third-order valence-electron chi connectivity index (χ3n) is 6.48. The van der Waals surface area contributed by atoms with Crippen molar-refractivity contribution in [2.75, 3.05) is 44.2 Å². The van der Waals surface area contributed by atoms with Crippen LogP contribution in [0, 0.1) is 5.92 Å². The van der Waals surface area contributed by atoms with Gasteiger partial charge in [0.2, 0.25) is 11.8 Å². The van der Waals surface area contributed by atoms with E-state index in [2.05, 4.69) is 39.4 Å². The summed E-state index contributed by atoms with van der Waals surface area (Å²) in [5, 5.41) is 2.43. The molecule has 3 aliphatic rings. The number of anilines is 1. The van der Waals surface area contributed by atoms with Gasteiger partial charge in [0.1, 0.15) is 5.60 Å². The number of piperidine rings is 1. The second-order valence-corrected chi connectivity index (χ2v) is 10.1. The van der Waals surface area contributed by atoms with Crippen molar-refractivity contribution in [3.8, 4) is 0 Å². The zero-order valence-corrected chi connectivity index (χ0v) is 19.3. The molecule has 0 radical (unpaired) electrons. The zero-order chi connectivity index (χ0) is 22.9. The van der Waals surface area contributed by atoms with Gasteiger partial charge in [-0.25, -0.2) is 4.79 Å². The second-order valence-electron chi connectivity index (χ2n) is 10.1. The van der Waals surface area contributed by atoms with Gasteiger partial charge in [0.05, 0.1) is 0 Å². The van der Waals surface area contributed by atoms with Crippen LogP contribution >= 0.6 is 0 Å². The maximum absolute atomic E-state index is 12.2. The topological polar surface area (TPSA) is 82.2 Å². The fourth-order valence-electron chi connectivity index (χ4n) is 4.55. The van der Waals surface area contributed by atoms with Crippen LogP contribution in [0.4, 0.5) is 10.5 Å². The van der Waals surface area contributed by atoms with Crippen LogP contribution in [0.15, 0.2) is 24.3 Å². The van der Waals surface area contributed by atoms with Crippen molar-refractivity contribution in [2.45, 2.75) is 51.7 Å². The molecule has 8 heteroatoms. The number of ether oxygens (including phenoxy) is 1. The average Bonchev–Trinajstić information content (AvgIpc) is 2.69. The van der Waals surface area contributed by atoms with Gasteiger partial charge in [0, 0.05) is 63.3 Å². The van der Waals surface area contributed by atoms with E-state index in [-0.39, 0.29) is 23.8 Å². The number of imide groups is 1. The van der Waals surface area contributed by atoms with Crippen molar-refractivity contribution in [3.63, 3.8) is 0 Å². The fourth-order valence-corrected chi connectivity index (χ4v) is 4.55. The molecule has 32 heavy (non-hydrogen) atoms. The predicted molar refractivity (Wildman–Crippen MR) is 121 cm³/mol. The van der Waals surface area contributed by atoms with Crippen LogP contribution in [0.5, 0.6) is 0 Å². The lowest BCUT2D eigenvalue weighted by atomic mass is 9.91. The van der Waals surface area contributed by atoms with Gasteiger partial charge in [-0.3, -0.25) is 19.8 Å². The van der Waals surface area contributed by atoms with E-state index in [9.17, 15) is 14.4 Å². The molecule has 3 heterocycles. The highest BCUT2D eigenvalue weighted by Crippen LogP contribution is 2.26. The Morgan fingerprint density at radius 3 is 2.31 bits per heavy atom. The van der Waals surface area contributed by atoms with Crippen LogP contribution in [0.2, 0.25) is 0 Å². The normalized spacial score (nSPS) is 23.0. The van der Waals surface area contributed by atoms with Crippen molar-refractivity contribution in [1.29, 1.82) is 0 Å². The Hall–Kier alpha value is -2.61. The molecule has 1 unspecified atom stereocenters. The number of hydrogen-bond donors (Lipinski definition) is 1. The summed E-state index contributed by atoms with van der Waals surface area (Å²) < 4.78 is 5.48. The van der Waals surface area contributed by atoms with Gasteiger partial charge in [-0.05, 0) is 51.3 Å². The highest BCUT2D eigenvalue weighted by molar-refractivity contribution is 5.98. The Balaban J connectivity index is 1.21. The highest BCUT2D eigenvalue weighted by Gasteiger charge is 2.35. The number of hydrogen-bond acceptors (Lipinski definition) is 6. The molecule has 3 fully saturated rings. The predicted octanol–water partition coefficient (Wildman–Crippen LogP) is 2.02. The van der Waals surface area contributed by atoms with Crippen LogP contribution in [0.1, 0.15) is 39.2 Å². The molecule has 0 bridgehead atoms. The molecule has 1 N–H and O–H groups in total. The van der Waals surface area contributed by atoms with Crippen LogP contribution < -0.4 is 10.2 Å². The standard InChI is InChI=1S/C24H34N4O4/c1-24(2,3)32-23(31)27-12-10-26(11-13-27)20-15-28(16-20)19-7-4-17(5-8-19)14-18-6-9-21(29)25-22(18)30/h4-5,7-8,18,20H,6,9-16H2,1-3H3,(H,25,29,30). The van der Waals surface area contributed by atoms with E-state index in [1.54, 1.807) is 4.90 Å². The zero-order valence-electron chi connectivity index (χ0n) is 19.3. The van der Waals surface area contributed by atoms with Crippen LogP contribution in [0.25, 0.3) is 0 Å². The van der Waals surface area contributed by atoms with Gasteiger partial charge >= 0.3 is 6.09 Å². The van der Waals surface area contributed by atoms with Crippen LogP contribution in [0.3, 0.4) is 0 Å². The lowest BCUT2D eigenvalue weighted by Gasteiger charge is -2.49. The summed E-state index contributed by atoms with van der Waals surface area (Å²) in [5.74, 6) is -0.436. The molecule has 0 saturated carbocycles. The number of benzene rings is 1. The quantitative estimate of drug-likeness (QED) is 0.719. The second kappa shape index (κ2) is 9.10. The number of nitrogens with one attached hydrogen (secondary N) is 1. The Morgan fingerprint density at radius 1 is 1.06 bits per heavy atom. The molecule has 1 aromatic rings. The Kier molecular flexibility index (Phi) is 6.42. The first-order valence-corrected chi connectivity index (χ1v) is 11.6. The van der Waals surface area contributed by atoms with Gasteiger partial charge in [-0.2, -0.15) is 0 Å². The molecule has 0 aromatic heterocycles. The largest absolute Gasteiger partial charge is 0.444 e. The van der Waals surface area contributed by atoms with E-state index in [1.165, 1.54) is 5.69 Å². The van der Waals surface area contributed by atoms with E-state index >= 15 is 0 Å². The van der Waals surface area contributed by atoms with Crippen molar-refractivity contribution in [1.82, 2.24) is 15.1 Å². The molecule has 1 aromatic carbocycles. The number of carbonyl (C=O) groups is 3. The summed E-state index contributed by atoms with van der Waals surface area (Å²) in [4.78, 5) is 42.1. The number of piperazine rings is 1. The van der Waals surface area contributed by atoms with Crippen molar-refractivity contribution in [2.24, 2.45) is 5.92 Å². The lowest BCUT2D eigenvalue weighted by Crippen LogP contribution is -2.63. The molecule has 3 saturated heterocycles. The molecule has 4 rings (SSSR count). The van der Waals surface area contributed by atoms with E-state index < -0.39 is 5.60 Å². The lowest BCUT2D eigenvalue weighted by molar-refractivity contribution is -0.136. The Morgan fingerprint density at radius 2 is 1.72 bits per heavy atom. The Labute approximate surface area is 189 Å². The minimum absolute atomic E-state index is 0.119. The number of carbonyl (C=O) groups excluding carboxylic acids is 3. The summed E-state index contributed by atoms with van der Waals surface area (Å²) in [7, 11) is 0. The monoisotopic (exact) mass is 442 g/mol. The van der Waals surface area contributed by atoms with Crippen molar-refractivity contribution in [3.05, 3.63) is 29.8 Å². The summed E-state index contributed by atoms with van der Waals surface area (Å²) >= 11 is 0. The maximum Gasteiger partial charge on any atom is 0.410 e. The first-order valence-electron chi connectivity index (χ1n) is 11.6. The smallest absolute Gasteiger partial charge is 0.410 e. The van der Waals surface area contributed by atoms with Gasteiger partial charge in [0.15, 0.2) is 0 Å². The molecular weight excluding hydrogens is 408 g/mol. The third-order valence-corrected chi connectivity index (χ3v) is 6.48. The van der Waals surface area contributed by atoms with Crippen LogP contribution in [-0.2, 0) is 20.7 Å². The summed E-state index contributed by atoms with van der Waals surface area (Å²) in [6.07, 6.45) is 1.51. The summed E-state index contributed by atoms with van der Waals surface area (Å²) in [6.45, 7) is 10.8. The molecule has 0 spiro atoms. The molecule has 1 atom stereocenters. The minimum atomic E-state index is -0.458. The van der Waals surface area contributed by atoms with Gasteiger partial charge < -0.3 is 14.5 Å². The number of amides is 3. The summed E-state index contributed by atoms with van der Waals surface area (Å²) in [5.41, 5.74) is 1.86. The van der Waals surface area contributed by atoms with Gasteiger partial charge in [-0.1, -0.05) is 12.1 Å². The van der Waals surface area contributed by atoms with E-state index in [0.29, 0.717) is 38.4 Å². The van der Waals surface area contributed by atoms with Gasteiger partial charge in [0.25, 0.3) is 0 Å². The third kappa shape index (κ3) is 5.41. The molecule has 8 nitrogen and oxygen atoms in total. The number of rotatable bonds is 4. The van der Waals surface area contributed by atoms with Gasteiger partial charge in [-0.15, -0.1) is 0 Å². The Bertz CT molecular complexity index is 850. The maximum atomic E-state index is 12.2. The first kappa shape index (κ1) is 22.6. The molecular formula is C24H34N4O4. The van der Waals surface area contributed by atoms with E-state index in [1.807, 2.05) is 20.8 Å². The fraction of sp³-hybridized carbons (Fsp3) is 0.625. The average molecular weight is 443 g/mol. The number of nitrogens with zero attached hydrogens (tertiary/aromatic N) is 3. The molecule has 3 amide bonds. The van der Waals surface area contributed by atoms with E-state index in [0.717, 1.165) is 31.7 Å². The first-order chi connectivity index (χ1) is 15.2. The molecule has 174 valence electrons. The highest BCUT2D eigenvalue weighted by atomic mass is 16.6. The molecule has 0 aliphatic carbocycles. The van der Waals surface area contributed by atoms with Crippen molar-refractivity contribution >= 4 is 23.6 Å². The van der Waals surface area contributed by atoms with Crippen molar-refractivity contribution < 1.29 is 19.1 Å². The SMILES string of the molecule is CC(C)(C)OC(=O)N1CCN(C2CN(c3ccc(CC4CCC(=O)NC4=O)cc3)C2)CC1. The summed E-state index contributed by atoms with van der Waals surface area (Å²) in [6, 6.07) is 8.94. The van der Waals surface area contributed by atoms with E-state index in [4.69, 9.17) is 4.74 Å². The minimum Gasteiger partial charge on any atom is -0.444 e.